The molecule has 1 atom stereocenters. The van der Waals surface area contributed by atoms with E-state index in [1.807, 2.05) is 6.92 Å². The lowest BCUT2D eigenvalue weighted by atomic mass is 10.2. The van der Waals surface area contributed by atoms with Crippen LogP contribution < -0.4 is 16.2 Å². The fraction of sp³-hybridized carbons (Fsp3) is 0.364. The number of halogens is 1. The number of hydrogen-bond donors (Lipinski definition) is 2. The highest BCUT2D eigenvalue weighted by atomic mass is 19.1. The van der Waals surface area contributed by atoms with Crippen LogP contribution in [0.2, 0.25) is 0 Å². The van der Waals surface area contributed by atoms with E-state index in [0.29, 0.717) is 0 Å². The first-order valence-corrected chi connectivity index (χ1v) is 4.94. The number of benzene rings is 1. The number of primary amides is 1. The number of aryl methyl sites for hydroxylation is 1. The highest BCUT2D eigenvalue weighted by Gasteiger charge is 2.10. The molecular weight excluding hydrogens is 211 g/mol. The molecule has 0 fully saturated rings. The Kier molecular flexibility index (Phi) is 4.25. The first kappa shape index (κ1) is 12.4. The Morgan fingerprint density at radius 3 is 2.88 bits per heavy atom. The van der Waals surface area contributed by atoms with Crippen molar-refractivity contribution < 1.29 is 13.9 Å². The lowest BCUT2D eigenvalue weighted by Crippen LogP contribution is -2.37. The molecule has 0 aromatic heterocycles. The van der Waals surface area contributed by atoms with Gasteiger partial charge in [0.2, 0.25) is 5.91 Å². The Bertz CT molecular complexity index is 382. The van der Waals surface area contributed by atoms with Crippen molar-refractivity contribution in [3.8, 4) is 5.75 Å². The van der Waals surface area contributed by atoms with Crippen LogP contribution >= 0.6 is 0 Å². The topological polar surface area (TPSA) is 78.3 Å². The third-order valence-electron chi connectivity index (χ3n) is 2.14. The van der Waals surface area contributed by atoms with Gasteiger partial charge in [-0.15, -0.1) is 0 Å². The molecule has 0 heterocycles. The molecule has 0 aliphatic heterocycles. The van der Waals surface area contributed by atoms with E-state index in [0.717, 1.165) is 5.56 Å². The van der Waals surface area contributed by atoms with E-state index >= 15 is 0 Å². The molecule has 1 amide bonds. The van der Waals surface area contributed by atoms with E-state index in [2.05, 4.69) is 0 Å². The minimum atomic E-state index is -0.757. The lowest BCUT2D eigenvalue weighted by Gasteiger charge is -2.10. The highest BCUT2D eigenvalue weighted by Crippen LogP contribution is 2.18. The SMILES string of the molecule is Cc1ccc(F)c(OCCC(N)C(N)=O)c1. The molecule has 16 heavy (non-hydrogen) atoms. The molecule has 1 rings (SSSR count). The number of rotatable bonds is 5. The summed E-state index contributed by atoms with van der Waals surface area (Å²) in [6, 6.07) is 3.81. The van der Waals surface area contributed by atoms with Gasteiger partial charge in [0.15, 0.2) is 11.6 Å². The van der Waals surface area contributed by atoms with Gasteiger partial charge in [0, 0.05) is 6.42 Å². The Morgan fingerprint density at radius 1 is 1.56 bits per heavy atom. The molecule has 5 heteroatoms. The first-order valence-electron chi connectivity index (χ1n) is 4.94. The number of carbonyl (C=O) groups excluding carboxylic acids is 1. The van der Waals surface area contributed by atoms with Crippen LogP contribution in [0.1, 0.15) is 12.0 Å². The maximum absolute atomic E-state index is 13.2. The molecular formula is C11H15FN2O2. The molecule has 0 spiro atoms. The zero-order valence-electron chi connectivity index (χ0n) is 9.07. The van der Waals surface area contributed by atoms with Crippen molar-refractivity contribution in [2.75, 3.05) is 6.61 Å². The van der Waals surface area contributed by atoms with Crippen molar-refractivity contribution in [1.29, 1.82) is 0 Å². The summed E-state index contributed by atoms with van der Waals surface area (Å²) in [7, 11) is 0. The lowest BCUT2D eigenvalue weighted by molar-refractivity contribution is -0.119. The van der Waals surface area contributed by atoms with Crippen molar-refractivity contribution in [2.45, 2.75) is 19.4 Å². The summed E-state index contributed by atoms with van der Waals surface area (Å²) in [6.45, 7) is 1.99. The van der Waals surface area contributed by atoms with E-state index in [9.17, 15) is 9.18 Å². The molecule has 0 aliphatic carbocycles. The standard InChI is InChI=1S/C11H15FN2O2/c1-7-2-3-8(12)10(6-7)16-5-4-9(13)11(14)15/h2-3,6,9H,4-5,13H2,1H3,(H2,14,15). The van der Waals surface area contributed by atoms with Crippen molar-refractivity contribution in [1.82, 2.24) is 0 Å². The molecule has 88 valence electrons. The quantitative estimate of drug-likeness (QED) is 0.776. The molecule has 0 saturated carbocycles. The largest absolute Gasteiger partial charge is 0.490 e. The van der Waals surface area contributed by atoms with E-state index in [-0.39, 0.29) is 18.8 Å². The van der Waals surface area contributed by atoms with Crippen LogP contribution in [0, 0.1) is 12.7 Å². The Morgan fingerprint density at radius 2 is 2.25 bits per heavy atom. The van der Waals surface area contributed by atoms with Gasteiger partial charge in [0.05, 0.1) is 12.6 Å². The van der Waals surface area contributed by atoms with Gasteiger partial charge in [0.25, 0.3) is 0 Å². The number of nitrogens with two attached hydrogens (primary N) is 2. The van der Waals surface area contributed by atoms with Gasteiger partial charge in [-0.05, 0) is 24.6 Å². The predicted molar refractivity (Wildman–Crippen MR) is 58.4 cm³/mol. The summed E-state index contributed by atoms with van der Waals surface area (Å²) in [6.07, 6.45) is 0.267. The van der Waals surface area contributed by atoms with Crippen LogP contribution in [0.3, 0.4) is 0 Å². The molecule has 0 bridgehead atoms. The average molecular weight is 226 g/mol. The molecule has 0 aliphatic rings. The van der Waals surface area contributed by atoms with E-state index < -0.39 is 17.8 Å². The number of amides is 1. The second-order valence-corrected chi connectivity index (χ2v) is 3.58. The van der Waals surface area contributed by atoms with Gasteiger partial charge in [-0.25, -0.2) is 4.39 Å². The van der Waals surface area contributed by atoms with Gasteiger partial charge in [-0.3, -0.25) is 4.79 Å². The second-order valence-electron chi connectivity index (χ2n) is 3.58. The number of ether oxygens (including phenoxy) is 1. The molecule has 4 nitrogen and oxygen atoms in total. The van der Waals surface area contributed by atoms with E-state index in [1.54, 1.807) is 12.1 Å². The Hall–Kier alpha value is -1.62. The molecule has 4 N–H and O–H groups in total. The molecule has 1 aromatic carbocycles. The first-order chi connectivity index (χ1) is 7.50. The zero-order valence-corrected chi connectivity index (χ0v) is 9.07. The van der Waals surface area contributed by atoms with E-state index in [1.165, 1.54) is 6.07 Å². The highest BCUT2D eigenvalue weighted by molar-refractivity contribution is 5.79. The predicted octanol–water partition coefficient (Wildman–Crippen LogP) is 0.716. The number of hydrogen-bond acceptors (Lipinski definition) is 3. The molecule has 0 saturated heterocycles. The van der Waals surface area contributed by atoms with Gasteiger partial charge in [-0.2, -0.15) is 0 Å². The van der Waals surface area contributed by atoms with Crippen LogP contribution in [0.25, 0.3) is 0 Å². The minimum absolute atomic E-state index is 0.157. The maximum atomic E-state index is 13.2. The third-order valence-corrected chi connectivity index (χ3v) is 2.14. The minimum Gasteiger partial charge on any atom is -0.490 e. The Labute approximate surface area is 93.4 Å². The monoisotopic (exact) mass is 226 g/mol. The normalized spacial score (nSPS) is 12.2. The second kappa shape index (κ2) is 5.46. The van der Waals surface area contributed by atoms with Crippen LogP contribution in [-0.2, 0) is 4.79 Å². The van der Waals surface area contributed by atoms with Crippen molar-refractivity contribution in [3.63, 3.8) is 0 Å². The summed E-state index contributed by atoms with van der Waals surface area (Å²) in [4.78, 5) is 10.6. The van der Waals surface area contributed by atoms with Crippen LogP contribution in [-0.4, -0.2) is 18.6 Å². The number of carbonyl (C=O) groups is 1. The molecule has 0 radical (unpaired) electrons. The van der Waals surface area contributed by atoms with Crippen molar-refractivity contribution in [2.24, 2.45) is 11.5 Å². The smallest absolute Gasteiger partial charge is 0.234 e. The van der Waals surface area contributed by atoms with Crippen LogP contribution in [0.5, 0.6) is 5.75 Å². The van der Waals surface area contributed by atoms with Crippen LogP contribution in [0.4, 0.5) is 4.39 Å². The van der Waals surface area contributed by atoms with Gasteiger partial charge < -0.3 is 16.2 Å². The summed E-state index contributed by atoms with van der Waals surface area (Å²) in [5.74, 6) is -0.858. The summed E-state index contributed by atoms with van der Waals surface area (Å²) < 4.78 is 18.4. The summed E-state index contributed by atoms with van der Waals surface area (Å²) >= 11 is 0. The van der Waals surface area contributed by atoms with Crippen molar-refractivity contribution in [3.05, 3.63) is 29.6 Å². The molecule has 1 unspecified atom stereocenters. The third kappa shape index (κ3) is 3.51. The fourth-order valence-electron chi connectivity index (χ4n) is 1.16. The fourth-order valence-corrected chi connectivity index (χ4v) is 1.16. The van der Waals surface area contributed by atoms with E-state index in [4.69, 9.17) is 16.2 Å². The van der Waals surface area contributed by atoms with Gasteiger partial charge >= 0.3 is 0 Å². The Balaban J connectivity index is 2.48. The molecule has 1 aromatic rings. The average Bonchev–Trinajstić information content (AvgIpc) is 2.22. The maximum Gasteiger partial charge on any atom is 0.234 e. The van der Waals surface area contributed by atoms with Crippen LogP contribution in [0.15, 0.2) is 18.2 Å². The van der Waals surface area contributed by atoms with Gasteiger partial charge in [0.1, 0.15) is 0 Å². The summed E-state index contributed by atoms with van der Waals surface area (Å²) in [5.41, 5.74) is 11.3. The zero-order chi connectivity index (χ0) is 12.1. The van der Waals surface area contributed by atoms with Gasteiger partial charge in [-0.1, -0.05) is 6.07 Å². The van der Waals surface area contributed by atoms with Crippen molar-refractivity contribution >= 4 is 5.91 Å². The summed E-state index contributed by atoms with van der Waals surface area (Å²) in [5, 5.41) is 0.